The summed E-state index contributed by atoms with van der Waals surface area (Å²) >= 11 is 0. The van der Waals surface area contributed by atoms with Crippen LogP contribution in [0, 0.1) is 0 Å². The van der Waals surface area contributed by atoms with Crippen molar-refractivity contribution in [3.8, 4) is 17.0 Å². The number of fused-ring (bicyclic) bond motifs is 2. The van der Waals surface area contributed by atoms with Crippen molar-refractivity contribution in [3.63, 3.8) is 0 Å². The maximum Gasteiger partial charge on any atom is 0.263 e. The van der Waals surface area contributed by atoms with Crippen LogP contribution in [0.1, 0.15) is 12.5 Å². The zero-order chi connectivity index (χ0) is 22.8. The molecule has 2 aromatic heterocycles. The average molecular weight is 435 g/mol. The van der Waals surface area contributed by atoms with Crippen molar-refractivity contribution in [1.82, 2.24) is 14.8 Å². The highest BCUT2D eigenvalue weighted by Crippen LogP contribution is 2.29. The lowest BCUT2D eigenvalue weighted by Crippen LogP contribution is -2.23. The zero-order valence-electron chi connectivity index (χ0n) is 17.9. The minimum absolute atomic E-state index is 0.0961. The predicted molar refractivity (Wildman–Crippen MR) is 132 cm³/mol. The Balaban J connectivity index is 1.55. The molecule has 0 saturated carbocycles. The average Bonchev–Trinajstić information content (AvgIpc) is 2.87. The van der Waals surface area contributed by atoms with E-state index in [2.05, 4.69) is 20.7 Å². The number of hydrazone groups is 1. The highest BCUT2D eigenvalue weighted by Gasteiger charge is 2.14. The number of hydrogen-bond acceptors (Lipinski definition) is 6. The largest absolute Gasteiger partial charge is 0.506 e. The number of aromatic nitrogens is 3. The molecular weight excluding hydrogens is 414 g/mol. The minimum Gasteiger partial charge on any atom is -0.506 e. The van der Waals surface area contributed by atoms with Gasteiger partial charge in [-0.05, 0) is 19.1 Å². The van der Waals surface area contributed by atoms with Gasteiger partial charge < -0.3 is 9.67 Å². The van der Waals surface area contributed by atoms with Crippen molar-refractivity contribution >= 4 is 33.7 Å². The molecule has 0 spiro atoms. The molecule has 7 nitrogen and oxygen atoms in total. The first kappa shape index (κ1) is 20.4. The molecule has 5 aromatic rings. The molecule has 0 aliphatic heterocycles. The number of rotatable bonds is 5. The second kappa shape index (κ2) is 8.55. The minimum atomic E-state index is -0.311. The lowest BCUT2D eigenvalue weighted by molar-refractivity contribution is 0.478. The molecule has 0 atom stereocenters. The second-order valence-electron chi connectivity index (χ2n) is 7.51. The van der Waals surface area contributed by atoms with Crippen LogP contribution in [0.5, 0.6) is 5.75 Å². The summed E-state index contributed by atoms with van der Waals surface area (Å²) in [4.78, 5) is 12.9. The highest BCUT2D eigenvalue weighted by atomic mass is 16.3. The van der Waals surface area contributed by atoms with E-state index in [1.165, 1.54) is 6.21 Å². The van der Waals surface area contributed by atoms with Crippen LogP contribution in [-0.4, -0.2) is 26.1 Å². The fourth-order valence-corrected chi connectivity index (χ4v) is 3.99. The molecule has 2 N–H and O–H groups in total. The van der Waals surface area contributed by atoms with Crippen LogP contribution in [0.25, 0.3) is 32.9 Å². The molecule has 0 bridgehead atoms. The zero-order valence-corrected chi connectivity index (χ0v) is 17.9. The molecule has 0 saturated heterocycles. The van der Waals surface area contributed by atoms with E-state index in [0.29, 0.717) is 23.3 Å². The summed E-state index contributed by atoms with van der Waals surface area (Å²) in [5, 5.41) is 26.0. The van der Waals surface area contributed by atoms with E-state index >= 15 is 0 Å². The number of anilines is 1. The van der Waals surface area contributed by atoms with Crippen LogP contribution in [0.15, 0.2) is 88.8 Å². The van der Waals surface area contributed by atoms with Gasteiger partial charge in [-0.15, -0.1) is 10.2 Å². The molecule has 0 amide bonds. The number of benzene rings is 3. The fraction of sp³-hybridized carbons (Fsp3) is 0.0769. The van der Waals surface area contributed by atoms with Crippen molar-refractivity contribution in [2.24, 2.45) is 5.10 Å². The monoisotopic (exact) mass is 435 g/mol. The summed E-state index contributed by atoms with van der Waals surface area (Å²) in [6, 6.07) is 24.9. The predicted octanol–water partition coefficient (Wildman–Crippen LogP) is 4.78. The van der Waals surface area contributed by atoms with Gasteiger partial charge in [0.05, 0.1) is 11.7 Å². The first-order valence-electron chi connectivity index (χ1n) is 10.6. The third-order valence-electron chi connectivity index (χ3n) is 5.60. The van der Waals surface area contributed by atoms with Crippen LogP contribution in [0.3, 0.4) is 0 Å². The van der Waals surface area contributed by atoms with E-state index in [-0.39, 0.29) is 16.9 Å². The summed E-state index contributed by atoms with van der Waals surface area (Å²) in [7, 11) is 0. The number of nitrogens with zero attached hydrogens (tertiary/aromatic N) is 4. The molecular formula is C26H21N5O2. The van der Waals surface area contributed by atoms with Gasteiger partial charge in [-0.1, -0.05) is 66.7 Å². The van der Waals surface area contributed by atoms with Gasteiger partial charge in [0, 0.05) is 28.3 Å². The number of aryl methyl sites for hydroxylation is 1. The number of para-hydroxylation sites is 1. The third-order valence-corrected chi connectivity index (χ3v) is 5.60. The van der Waals surface area contributed by atoms with Crippen molar-refractivity contribution in [1.29, 1.82) is 0 Å². The van der Waals surface area contributed by atoms with Crippen molar-refractivity contribution in [2.75, 3.05) is 5.43 Å². The quantitative estimate of drug-likeness (QED) is 0.306. The molecule has 3 aromatic carbocycles. The standard InChI is InChI=1S/C26H21N5O2/c1-2-31-22-15-9-8-14-20(22)24(32)21(26(31)33)16-27-29-25-19-13-7-6-12-18(19)23(28-30-25)17-10-4-3-5-11-17/h3-16,32H,2H2,1H3,(H,29,30). The number of nitrogens with one attached hydrogen (secondary N) is 1. The lowest BCUT2D eigenvalue weighted by Gasteiger charge is -2.11. The maximum absolute atomic E-state index is 12.9. The molecule has 0 aliphatic rings. The summed E-state index contributed by atoms with van der Waals surface area (Å²) in [5.74, 6) is 0.360. The van der Waals surface area contributed by atoms with Crippen LogP contribution in [0.2, 0.25) is 0 Å². The van der Waals surface area contributed by atoms with Crippen LogP contribution < -0.4 is 11.0 Å². The fourth-order valence-electron chi connectivity index (χ4n) is 3.99. The van der Waals surface area contributed by atoms with Crippen molar-refractivity contribution in [2.45, 2.75) is 13.5 Å². The van der Waals surface area contributed by atoms with E-state index in [9.17, 15) is 9.90 Å². The van der Waals surface area contributed by atoms with E-state index in [4.69, 9.17) is 0 Å². The topological polar surface area (TPSA) is 92.4 Å². The van der Waals surface area contributed by atoms with E-state index < -0.39 is 0 Å². The maximum atomic E-state index is 12.9. The van der Waals surface area contributed by atoms with E-state index in [0.717, 1.165) is 22.0 Å². The van der Waals surface area contributed by atoms with Crippen LogP contribution in [0.4, 0.5) is 5.82 Å². The van der Waals surface area contributed by atoms with Gasteiger partial charge in [0.25, 0.3) is 5.56 Å². The highest BCUT2D eigenvalue weighted by molar-refractivity contribution is 6.00. The summed E-state index contributed by atoms with van der Waals surface area (Å²) < 4.78 is 1.61. The summed E-state index contributed by atoms with van der Waals surface area (Å²) in [5.41, 5.74) is 5.12. The van der Waals surface area contributed by atoms with Crippen molar-refractivity contribution < 1.29 is 5.11 Å². The van der Waals surface area contributed by atoms with Gasteiger partial charge in [-0.25, -0.2) is 0 Å². The molecule has 5 rings (SSSR count). The molecule has 0 unspecified atom stereocenters. The van der Waals surface area contributed by atoms with Gasteiger partial charge in [0.2, 0.25) is 0 Å². The summed E-state index contributed by atoms with van der Waals surface area (Å²) in [6.07, 6.45) is 1.33. The normalized spacial score (nSPS) is 11.4. The Morgan fingerprint density at radius 2 is 1.58 bits per heavy atom. The SMILES string of the molecule is CCn1c(=O)c(C=NNc2nnc(-c3ccccc3)c3ccccc23)c(O)c2ccccc21. The molecule has 0 radical (unpaired) electrons. The Hall–Kier alpha value is -4.52. The van der Waals surface area contributed by atoms with Gasteiger partial charge >= 0.3 is 0 Å². The molecule has 0 aliphatic carbocycles. The molecule has 33 heavy (non-hydrogen) atoms. The Labute approximate surface area is 189 Å². The smallest absolute Gasteiger partial charge is 0.263 e. The Kier molecular flexibility index (Phi) is 5.28. The molecule has 2 heterocycles. The van der Waals surface area contributed by atoms with Gasteiger partial charge in [-0.2, -0.15) is 5.10 Å². The third kappa shape index (κ3) is 3.59. The van der Waals surface area contributed by atoms with Crippen molar-refractivity contribution in [3.05, 3.63) is 94.8 Å². The summed E-state index contributed by atoms with van der Waals surface area (Å²) in [6.45, 7) is 2.37. The number of hydrogen-bond donors (Lipinski definition) is 2. The Bertz CT molecular complexity index is 1560. The van der Waals surface area contributed by atoms with Crippen LogP contribution in [-0.2, 0) is 6.54 Å². The van der Waals surface area contributed by atoms with Gasteiger partial charge in [0.1, 0.15) is 17.0 Å². The van der Waals surface area contributed by atoms with Gasteiger partial charge in [-0.3, -0.25) is 10.2 Å². The Morgan fingerprint density at radius 1 is 0.909 bits per heavy atom. The molecule has 7 heteroatoms. The van der Waals surface area contributed by atoms with Crippen LogP contribution >= 0.6 is 0 Å². The second-order valence-corrected chi connectivity index (χ2v) is 7.51. The van der Waals surface area contributed by atoms with Gasteiger partial charge in [0.15, 0.2) is 5.82 Å². The molecule has 162 valence electrons. The lowest BCUT2D eigenvalue weighted by atomic mass is 10.0. The number of pyridine rings is 1. The first-order chi connectivity index (χ1) is 16.2. The van der Waals surface area contributed by atoms with E-state index in [1.807, 2.05) is 79.7 Å². The Morgan fingerprint density at radius 3 is 2.33 bits per heavy atom. The van der Waals surface area contributed by atoms with E-state index in [1.54, 1.807) is 10.6 Å². The number of aromatic hydroxyl groups is 1. The molecule has 0 fully saturated rings. The first-order valence-corrected chi connectivity index (χ1v) is 10.6.